The zero-order chi connectivity index (χ0) is 10.8. The summed E-state index contributed by atoms with van der Waals surface area (Å²) in [5, 5.41) is 0. The van der Waals surface area contributed by atoms with Crippen LogP contribution in [0.1, 0.15) is 23.0 Å². The van der Waals surface area contributed by atoms with Gasteiger partial charge in [0, 0.05) is 19.4 Å². The second kappa shape index (κ2) is 3.87. The topological polar surface area (TPSA) is 43.8 Å². The van der Waals surface area contributed by atoms with E-state index in [0.29, 0.717) is 0 Å². The molecule has 1 atom stereocenters. The van der Waals surface area contributed by atoms with E-state index in [1.54, 1.807) is 6.20 Å². The molecule has 1 heterocycles. The third-order valence-electron chi connectivity index (χ3n) is 2.57. The number of nitrogens with zero attached hydrogens (tertiary/aromatic N) is 2. The van der Waals surface area contributed by atoms with Crippen molar-refractivity contribution < 1.29 is 0 Å². The van der Waals surface area contributed by atoms with Crippen molar-refractivity contribution in [2.24, 2.45) is 12.8 Å². The van der Waals surface area contributed by atoms with Crippen molar-refractivity contribution in [3.05, 3.63) is 53.6 Å². The van der Waals surface area contributed by atoms with Crippen LogP contribution in [0.2, 0.25) is 0 Å². The summed E-state index contributed by atoms with van der Waals surface area (Å²) < 4.78 is 1.95. The molecule has 0 amide bonds. The zero-order valence-electron chi connectivity index (χ0n) is 9.01. The Balaban J connectivity index is 2.32. The van der Waals surface area contributed by atoms with Crippen molar-refractivity contribution in [3.8, 4) is 0 Å². The van der Waals surface area contributed by atoms with Gasteiger partial charge in [-0.05, 0) is 12.5 Å². The molecule has 0 aliphatic heterocycles. The first kappa shape index (κ1) is 9.93. The van der Waals surface area contributed by atoms with Gasteiger partial charge in [0.2, 0.25) is 0 Å². The molecular weight excluding hydrogens is 186 g/mol. The maximum atomic E-state index is 6.13. The number of benzene rings is 1. The minimum Gasteiger partial charge on any atom is -0.336 e. The zero-order valence-corrected chi connectivity index (χ0v) is 9.01. The fraction of sp³-hybridized carbons (Fsp3) is 0.250. The Labute approximate surface area is 89.6 Å². The fourth-order valence-corrected chi connectivity index (χ4v) is 1.60. The van der Waals surface area contributed by atoms with Gasteiger partial charge >= 0.3 is 0 Å². The summed E-state index contributed by atoms with van der Waals surface area (Å²) in [4.78, 5) is 4.25. The van der Waals surface area contributed by atoms with Crippen LogP contribution in [0, 0.1) is 6.92 Å². The Hall–Kier alpha value is -1.61. The van der Waals surface area contributed by atoms with E-state index in [-0.39, 0.29) is 6.04 Å². The SMILES string of the molecule is Cc1ccc([C@@H](N)c2nccn2C)cc1. The lowest BCUT2D eigenvalue weighted by molar-refractivity contribution is 0.717. The van der Waals surface area contributed by atoms with Crippen molar-refractivity contribution in [3.63, 3.8) is 0 Å². The summed E-state index contributed by atoms with van der Waals surface area (Å²) in [6, 6.07) is 8.09. The average Bonchev–Trinajstić information content (AvgIpc) is 2.65. The maximum absolute atomic E-state index is 6.13. The molecular formula is C12H15N3. The molecule has 15 heavy (non-hydrogen) atoms. The molecule has 1 aromatic carbocycles. The van der Waals surface area contributed by atoms with Gasteiger partial charge in [-0.2, -0.15) is 0 Å². The Morgan fingerprint density at radius 3 is 2.47 bits per heavy atom. The Morgan fingerprint density at radius 1 is 1.27 bits per heavy atom. The summed E-state index contributed by atoms with van der Waals surface area (Å²) in [5.74, 6) is 0.888. The summed E-state index contributed by atoms with van der Waals surface area (Å²) in [7, 11) is 1.95. The number of rotatable bonds is 2. The number of imidazole rings is 1. The van der Waals surface area contributed by atoms with Crippen LogP contribution >= 0.6 is 0 Å². The molecule has 2 N–H and O–H groups in total. The molecule has 0 aliphatic rings. The lowest BCUT2D eigenvalue weighted by atomic mass is 10.1. The van der Waals surface area contributed by atoms with E-state index in [2.05, 4.69) is 36.2 Å². The summed E-state index contributed by atoms with van der Waals surface area (Å²) >= 11 is 0. The number of nitrogens with two attached hydrogens (primary N) is 1. The molecule has 0 saturated carbocycles. The molecule has 0 spiro atoms. The molecule has 0 fully saturated rings. The molecule has 0 bridgehead atoms. The van der Waals surface area contributed by atoms with E-state index in [1.807, 2.05) is 17.8 Å². The summed E-state index contributed by atoms with van der Waals surface area (Å²) in [6.07, 6.45) is 3.67. The Kier molecular flexibility index (Phi) is 2.56. The van der Waals surface area contributed by atoms with Gasteiger partial charge in [-0.3, -0.25) is 0 Å². The van der Waals surface area contributed by atoms with Crippen molar-refractivity contribution in [2.75, 3.05) is 0 Å². The molecule has 3 heteroatoms. The molecule has 3 nitrogen and oxygen atoms in total. The molecule has 1 aromatic heterocycles. The van der Waals surface area contributed by atoms with Crippen LogP contribution in [-0.4, -0.2) is 9.55 Å². The average molecular weight is 201 g/mol. The summed E-state index contributed by atoms with van der Waals surface area (Å²) in [5.41, 5.74) is 8.46. The largest absolute Gasteiger partial charge is 0.336 e. The van der Waals surface area contributed by atoms with Gasteiger partial charge < -0.3 is 10.3 Å². The monoisotopic (exact) mass is 201 g/mol. The van der Waals surface area contributed by atoms with Crippen LogP contribution in [0.25, 0.3) is 0 Å². The Bertz CT molecular complexity index is 442. The number of hydrogen-bond donors (Lipinski definition) is 1. The smallest absolute Gasteiger partial charge is 0.129 e. The normalized spacial score (nSPS) is 12.7. The highest BCUT2D eigenvalue weighted by Crippen LogP contribution is 2.17. The quantitative estimate of drug-likeness (QED) is 0.804. The molecule has 0 unspecified atom stereocenters. The molecule has 0 aliphatic carbocycles. The minimum atomic E-state index is -0.148. The van der Waals surface area contributed by atoms with Gasteiger partial charge in [0.05, 0.1) is 6.04 Å². The van der Waals surface area contributed by atoms with Gasteiger partial charge in [0.1, 0.15) is 5.82 Å². The second-order valence-electron chi connectivity index (χ2n) is 3.78. The van der Waals surface area contributed by atoms with Gasteiger partial charge in [-0.1, -0.05) is 29.8 Å². The van der Waals surface area contributed by atoms with Crippen molar-refractivity contribution in [1.29, 1.82) is 0 Å². The first-order valence-electron chi connectivity index (χ1n) is 4.98. The van der Waals surface area contributed by atoms with E-state index in [1.165, 1.54) is 5.56 Å². The van der Waals surface area contributed by atoms with Gasteiger partial charge in [-0.15, -0.1) is 0 Å². The van der Waals surface area contributed by atoms with Crippen molar-refractivity contribution >= 4 is 0 Å². The third kappa shape index (κ3) is 1.92. The lowest BCUT2D eigenvalue weighted by Gasteiger charge is -2.11. The van der Waals surface area contributed by atoms with E-state index in [4.69, 9.17) is 5.73 Å². The van der Waals surface area contributed by atoms with Gasteiger partial charge in [0.15, 0.2) is 0 Å². The lowest BCUT2D eigenvalue weighted by Crippen LogP contribution is -2.16. The van der Waals surface area contributed by atoms with E-state index >= 15 is 0 Å². The van der Waals surface area contributed by atoms with Gasteiger partial charge in [0.25, 0.3) is 0 Å². The fourth-order valence-electron chi connectivity index (χ4n) is 1.60. The molecule has 2 rings (SSSR count). The standard InChI is InChI=1S/C12H15N3/c1-9-3-5-10(6-4-9)11(13)12-14-7-8-15(12)2/h3-8,11H,13H2,1-2H3/t11-/m1/s1. The molecule has 2 aromatic rings. The van der Waals surface area contributed by atoms with Crippen molar-refractivity contribution in [1.82, 2.24) is 9.55 Å². The molecule has 0 radical (unpaired) electrons. The maximum Gasteiger partial charge on any atom is 0.129 e. The summed E-state index contributed by atoms with van der Waals surface area (Å²) in [6.45, 7) is 2.07. The van der Waals surface area contributed by atoms with Crippen LogP contribution in [-0.2, 0) is 7.05 Å². The Morgan fingerprint density at radius 2 is 1.93 bits per heavy atom. The highest BCUT2D eigenvalue weighted by Gasteiger charge is 2.12. The van der Waals surface area contributed by atoms with Crippen LogP contribution in [0.15, 0.2) is 36.7 Å². The van der Waals surface area contributed by atoms with Crippen LogP contribution < -0.4 is 5.73 Å². The van der Waals surface area contributed by atoms with Crippen LogP contribution in [0.5, 0.6) is 0 Å². The predicted octanol–water partition coefficient (Wildman–Crippen LogP) is 1.78. The number of aromatic nitrogens is 2. The number of aryl methyl sites for hydroxylation is 2. The van der Waals surface area contributed by atoms with Gasteiger partial charge in [-0.25, -0.2) is 4.98 Å². The molecule has 78 valence electrons. The first-order chi connectivity index (χ1) is 7.18. The van der Waals surface area contributed by atoms with E-state index < -0.39 is 0 Å². The highest BCUT2D eigenvalue weighted by molar-refractivity contribution is 5.27. The molecule has 0 saturated heterocycles. The minimum absolute atomic E-state index is 0.148. The predicted molar refractivity (Wildman–Crippen MR) is 60.4 cm³/mol. The van der Waals surface area contributed by atoms with Crippen LogP contribution in [0.3, 0.4) is 0 Å². The van der Waals surface area contributed by atoms with E-state index in [9.17, 15) is 0 Å². The third-order valence-corrected chi connectivity index (χ3v) is 2.57. The van der Waals surface area contributed by atoms with Crippen LogP contribution in [0.4, 0.5) is 0 Å². The van der Waals surface area contributed by atoms with E-state index in [0.717, 1.165) is 11.4 Å². The number of hydrogen-bond acceptors (Lipinski definition) is 2. The second-order valence-corrected chi connectivity index (χ2v) is 3.78. The highest BCUT2D eigenvalue weighted by atomic mass is 15.1. The van der Waals surface area contributed by atoms with Crippen molar-refractivity contribution in [2.45, 2.75) is 13.0 Å². The first-order valence-corrected chi connectivity index (χ1v) is 4.98.